The topological polar surface area (TPSA) is 41.5 Å². The first-order chi connectivity index (χ1) is 9.18. The highest BCUT2D eigenvalue weighted by Crippen LogP contribution is 2.25. The van der Waals surface area contributed by atoms with E-state index in [9.17, 15) is 5.11 Å². The molecule has 3 nitrogen and oxygen atoms in total. The number of rotatable bonds is 6. The molecule has 102 valence electrons. The minimum atomic E-state index is -0.287. The molecule has 0 spiro atoms. The standard InChI is InChI=1S/C16H21NO2/c1-16(12-18,17-2)10-11-19-15-9-5-7-13-6-3-4-8-14(13)15/h3-9,17-18H,10-12H2,1-2H3. The number of likely N-dealkylation sites (N-methyl/N-ethyl adjacent to an activating group) is 1. The van der Waals surface area contributed by atoms with Crippen LogP contribution in [0.25, 0.3) is 10.8 Å². The van der Waals surface area contributed by atoms with Gasteiger partial charge in [0.2, 0.25) is 0 Å². The van der Waals surface area contributed by atoms with Crippen LogP contribution in [0.5, 0.6) is 5.75 Å². The number of nitrogens with one attached hydrogen (secondary N) is 1. The quantitative estimate of drug-likeness (QED) is 0.838. The number of fused-ring (bicyclic) bond motifs is 1. The molecule has 0 aromatic heterocycles. The van der Waals surface area contributed by atoms with E-state index < -0.39 is 0 Å². The van der Waals surface area contributed by atoms with Crippen molar-refractivity contribution in [2.75, 3.05) is 20.3 Å². The molecule has 2 aromatic rings. The summed E-state index contributed by atoms with van der Waals surface area (Å²) in [6, 6.07) is 14.2. The van der Waals surface area contributed by atoms with E-state index in [1.165, 1.54) is 5.39 Å². The highest BCUT2D eigenvalue weighted by Gasteiger charge is 2.20. The average molecular weight is 259 g/mol. The van der Waals surface area contributed by atoms with Gasteiger partial charge in [-0.3, -0.25) is 0 Å². The van der Waals surface area contributed by atoms with Crippen LogP contribution in [0, 0.1) is 0 Å². The molecule has 0 aliphatic rings. The monoisotopic (exact) mass is 259 g/mol. The molecule has 0 aliphatic carbocycles. The van der Waals surface area contributed by atoms with E-state index in [2.05, 4.69) is 23.5 Å². The zero-order chi connectivity index (χ0) is 13.7. The maximum Gasteiger partial charge on any atom is 0.127 e. The van der Waals surface area contributed by atoms with Crippen LogP contribution in [0.4, 0.5) is 0 Å². The molecule has 0 heterocycles. The first-order valence-electron chi connectivity index (χ1n) is 6.59. The minimum Gasteiger partial charge on any atom is -0.493 e. The van der Waals surface area contributed by atoms with Crippen molar-refractivity contribution < 1.29 is 9.84 Å². The van der Waals surface area contributed by atoms with Gasteiger partial charge in [-0.25, -0.2) is 0 Å². The Hall–Kier alpha value is -1.58. The Morgan fingerprint density at radius 2 is 1.89 bits per heavy atom. The van der Waals surface area contributed by atoms with E-state index >= 15 is 0 Å². The number of aliphatic hydroxyl groups is 1. The van der Waals surface area contributed by atoms with Crippen molar-refractivity contribution >= 4 is 10.8 Å². The third-order valence-electron chi connectivity index (χ3n) is 3.61. The Labute approximate surface area is 114 Å². The largest absolute Gasteiger partial charge is 0.493 e. The SMILES string of the molecule is CNC(C)(CO)CCOc1cccc2ccccc12. The van der Waals surface area contributed by atoms with Gasteiger partial charge in [-0.1, -0.05) is 36.4 Å². The summed E-state index contributed by atoms with van der Waals surface area (Å²) in [7, 11) is 1.86. The van der Waals surface area contributed by atoms with Crippen molar-refractivity contribution in [2.24, 2.45) is 0 Å². The third-order valence-corrected chi connectivity index (χ3v) is 3.61. The smallest absolute Gasteiger partial charge is 0.127 e. The zero-order valence-electron chi connectivity index (χ0n) is 11.5. The van der Waals surface area contributed by atoms with Crippen LogP contribution >= 0.6 is 0 Å². The van der Waals surface area contributed by atoms with E-state index in [0.29, 0.717) is 6.61 Å². The molecule has 0 radical (unpaired) electrons. The van der Waals surface area contributed by atoms with Crippen LogP contribution in [0.3, 0.4) is 0 Å². The van der Waals surface area contributed by atoms with E-state index in [1.54, 1.807) is 0 Å². The van der Waals surface area contributed by atoms with Crippen LogP contribution in [0.15, 0.2) is 42.5 Å². The summed E-state index contributed by atoms with van der Waals surface area (Å²) in [5.74, 6) is 0.898. The lowest BCUT2D eigenvalue weighted by Crippen LogP contribution is -2.44. The molecular formula is C16H21NO2. The zero-order valence-corrected chi connectivity index (χ0v) is 11.5. The predicted octanol–water partition coefficient (Wildman–Crippen LogP) is 2.58. The normalized spacial score (nSPS) is 14.3. The Morgan fingerprint density at radius 3 is 2.63 bits per heavy atom. The summed E-state index contributed by atoms with van der Waals surface area (Å²) in [6.45, 7) is 2.66. The van der Waals surface area contributed by atoms with Gasteiger partial charge >= 0.3 is 0 Å². The molecule has 2 N–H and O–H groups in total. The maximum atomic E-state index is 9.34. The van der Waals surface area contributed by atoms with Gasteiger partial charge in [-0.2, -0.15) is 0 Å². The van der Waals surface area contributed by atoms with Crippen LogP contribution in [-0.4, -0.2) is 30.9 Å². The lowest BCUT2D eigenvalue weighted by Gasteiger charge is -2.26. The molecule has 19 heavy (non-hydrogen) atoms. The van der Waals surface area contributed by atoms with Crippen molar-refractivity contribution in [3.8, 4) is 5.75 Å². The molecule has 3 heteroatoms. The lowest BCUT2D eigenvalue weighted by atomic mass is 10.0. The average Bonchev–Trinajstić information content (AvgIpc) is 2.47. The molecule has 1 unspecified atom stereocenters. The van der Waals surface area contributed by atoms with Gasteiger partial charge in [-0.05, 0) is 25.4 Å². The fourth-order valence-corrected chi connectivity index (χ4v) is 1.99. The van der Waals surface area contributed by atoms with E-state index in [1.807, 2.05) is 38.2 Å². The number of benzene rings is 2. The van der Waals surface area contributed by atoms with Gasteiger partial charge in [0.1, 0.15) is 5.75 Å². The summed E-state index contributed by atoms with van der Waals surface area (Å²) in [5.41, 5.74) is -0.287. The Kier molecular flexibility index (Phi) is 4.40. The summed E-state index contributed by atoms with van der Waals surface area (Å²) >= 11 is 0. The molecule has 2 rings (SSSR count). The molecule has 1 atom stereocenters. The second-order valence-corrected chi connectivity index (χ2v) is 5.04. The fourth-order valence-electron chi connectivity index (χ4n) is 1.99. The van der Waals surface area contributed by atoms with Gasteiger partial charge in [0, 0.05) is 17.3 Å². The van der Waals surface area contributed by atoms with Gasteiger partial charge in [0.25, 0.3) is 0 Å². The van der Waals surface area contributed by atoms with E-state index in [4.69, 9.17) is 4.74 Å². The lowest BCUT2D eigenvalue weighted by molar-refractivity contribution is 0.151. The van der Waals surface area contributed by atoms with Crippen molar-refractivity contribution in [3.05, 3.63) is 42.5 Å². The minimum absolute atomic E-state index is 0.0996. The second-order valence-electron chi connectivity index (χ2n) is 5.04. The third kappa shape index (κ3) is 3.25. The highest BCUT2D eigenvalue weighted by molar-refractivity contribution is 5.88. The first-order valence-corrected chi connectivity index (χ1v) is 6.59. The number of ether oxygens (including phenoxy) is 1. The van der Waals surface area contributed by atoms with Crippen LogP contribution < -0.4 is 10.1 Å². The fraction of sp³-hybridized carbons (Fsp3) is 0.375. The van der Waals surface area contributed by atoms with Gasteiger partial charge in [0.15, 0.2) is 0 Å². The molecule has 0 saturated carbocycles. The summed E-state index contributed by atoms with van der Waals surface area (Å²) in [6.07, 6.45) is 0.753. The maximum absolute atomic E-state index is 9.34. The van der Waals surface area contributed by atoms with E-state index in [0.717, 1.165) is 17.6 Å². The Balaban J connectivity index is 2.06. The van der Waals surface area contributed by atoms with Crippen molar-refractivity contribution in [2.45, 2.75) is 18.9 Å². The Morgan fingerprint density at radius 1 is 1.16 bits per heavy atom. The van der Waals surface area contributed by atoms with Crippen LogP contribution in [0.2, 0.25) is 0 Å². The van der Waals surface area contributed by atoms with Crippen LogP contribution in [-0.2, 0) is 0 Å². The highest BCUT2D eigenvalue weighted by atomic mass is 16.5. The molecule has 0 amide bonds. The number of hydrogen-bond donors (Lipinski definition) is 2. The molecule has 0 bridgehead atoms. The number of aliphatic hydroxyl groups excluding tert-OH is 1. The molecular weight excluding hydrogens is 238 g/mol. The van der Waals surface area contributed by atoms with Gasteiger partial charge < -0.3 is 15.2 Å². The Bertz CT molecular complexity index is 530. The summed E-state index contributed by atoms with van der Waals surface area (Å²) in [5, 5.41) is 14.8. The molecule has 0 saturated heterocycles. The number of hydrogen-bond acceptors (Lipinski definition) is 3. The first kappa shape index (κ1) is 13.8. The van der Waals surface area contributed by atoms with Gasteiger partial charge in [-0.15, -0.1) is 0 Å². The summed E-state index contributed by atoms with van der Waals surface area (Å²) in [4.78, 5) is 0. The molecule has 0 fully saturated rings. The van der Waals surface area contributed by atoms with Crippen molar-refractivity contribution in [1.29, 1.82) is 0 Å². The van der Waals surface area contributed by atoms with Crippen molar-refractivity contribution in [1.82, 2.24) is 5.32 Å². The molecule has 2 aromatic carbocycles. The second kappa shape index (κ2) is 6.04. The van der Waals surface area contributed by atoms with Gasteiger partial charge in [0.05, 0.1) is 13.2 Å². The summed E-state index contributed by atoms with van der Waals surface area (Å²) < 4.78 is 5.87. The predicted molar refractivity (Wildman–Crippen MR) is 78.6 cm³/mol. The molecule has 0 aliphatic heterocycles. The van der Waals surface area contributed by atoms with Crippen LogP contribution in [0.1, 0.15) is 13.3 Å². The van der Waals surface area contributed by atoms with Crippen molar-refractivity contribution in [3.63, 3.8) is 0 Å². The van der Waals surface area contributed by atoms with E-state index in [-0.39, 0.29) is 12.1 Å².